The van der Waals surface area contributed by atoms with E-state index in [2.05, 4.69) is 18.9 Å². The Hall–Kier alpha value is 0.110. The van der Waals surface area contributed by atoms with E-state index in [4.69, 9.17) is 9.05 Å². The first-order valence-corrected chi connectivity index (χ1v) is 9.41. The minimum atomic E-state index is -3.10. The van der Waals surface area contributed by atoms with E-state index in [1.54, 1.807) is 0 Å². The van der Waals surface area contributed by atoms with Gasteiger partial charge in [0.2, 0.25) is 0 Å². The average molecular weight is 291 g/mol. The topological polar surface area (TPSA) is 47.6 Å². The van der Waals surface area contributed by atoms with Crippen LogP contribution in [0.2, 0.25) is 0 Å². The molecule has 0 aromatic heterocycles. The molecule has 114 valence electrons. The third kappa shape index (κ3) is 7.45. The van der Waals surface area contributed by atoms with Crippen molar-refractivity contribution >= 4 is 7.75 Å². The van der Waals surface area contributed by atoms with Gasteiger partial charge in [0.05, 0.1) is 13.2 Å². The van der Waals surface area contributed by atoms with Crippen molar-refractivity contribution in [3.63, 3.8) is 0 Å². The number of hydrogen-bond donors (Lipinski definition) is 1. The van der Waals surface area contributed by atoms with Gasteiger partial charge in [-0.25, -0.2) is 9.65 Å². The zero-order valence-electron chi connectivity index (χ0n) is 12.5. The Morgan fingerprint density at radius 1 is 1.00 bits per heavy atom. The molecule has 0 radical (unpaired) electrons. The van der Waals surface area contributed by atoms with Gasteiger partial charge in [-0.3, -0.25) is 9.05 Å². The lowest BCUT2D eigenvalue weighted by Gasteiger charge is -2.27. The summed E-state index contributed by atoms with van der Waals surface area (Å²) in [7, 11) is -3.10. The Balaban J connectivity index is 2.43. The van der Waals surface area contributed by atoms with Crippen LogP contribution in [-0.2, 0) is 13.6 Å². The molecule has 1 N–H and O–H groups in total. The summed E-state index contributed by atoms with van der Waals surface area (Å²) in [5.74, 6) is 0. The van der Waals surface area contributed by atoms with Gasteiger partial charge in [-0.05, 0) is 25.7 Å². The summed E-state index contributed by atoms with van der Waals surface area (Å²) < 4.78 is 23.8. The quantitative estimate of drug-likeness (QED) is 0.470. The van der Waals surface area contributed by atoms with Gasteiger partial charge in [0.1, 0.15) is 0 Å². The molecule has 0 aromatic carbocycles. The van der Waals surface area contributed by atoms with E-state index < -0.39 is 7.75 Å². The number of hydrogen-bond acceptors (Lipinski definition) is 3. The second kappa shape index (κ2) is 9.93. The molecule has 0 heterocycles. The fraction of sp³-hybridized carbons (Fsp3) is 1.00. The molecule has 0 aliphatic heterocycles. The first-order valence-electron chi connectivity index (χ1n) is 7.87. The van der Waals surface area contributed by atoms with Gasteiger partial charge in [0.15, 0.2) is 0 Å². The second-order valence-corrected chi connectivity index (χ2v) is 7.10. The van der Waals surface area contributed by atoms with Crippen LogP contribution in [-0.4, -0.2) is 19.3 Å². The number of nitrogens with one attached hydrogen (secondary N) is 1. The Kier molecular flexibility index (Phi) is 8.97. The maximum Gasteiger partial charge on any atom is 0.405 e. The number of unbranched alkanes of at least 4 members (excludes halogenated alkanes) is 2. The molecule has 1 fully saturated rings. The highest BCUT2D eigenvalue weighted by atomic mass is 31.2. The van der Waals surface area contributed by atoms with Gasteiger partial charge in [-0.15, -0.1) is 0 Å². The van der Waals surface area contributed by atoms with Crippen molar-refractivity contribution < 1.29 is 13.6 Å². The zero-order valence-corrected chi connectivity index (χ0v) is 13.4. The van der Waals surface area contributed by atoms with E-state index in [9.17, 15) is 4.57 Å². The molecular weight excluding hydrogens is 261 g/mol. The smallest absolute Gasteiger partial charge is 0.297 e. The average Bonchev–Trinajstić information content (AvgIpc) is 2.40. The second-order valence-electron chi connectivity index (χ2n) is 5.34. The highest BCUT2D eigenvalue weighted by Gasteiger charge is 2.28. The molecule has 1 aliphatic rings. The van der Waals surface area contributed by atoms with Gasteiger partial charge in [0.25, 0.3) is 0 Å². The standard InChI is InChI=1S/C14H30NO3P/c1-3-5-12-17-19(16,18-13-6-4-2)15-14-10-8-7-9-11-14/h14H,3-13H2,1-2H3,(H,15,16). The molecule has 0 atom stereocenters. The summed E-state index contributed by atoms with van der Waals surface area (Å²) in [5.41, 5.74) is 0. The van der Waals surface area contributed by atoms with Crippen LogP contribution in [0.15, 0.2) is 0 Å². The normalized spacial score (nSPS) is 17.8. The third-order valence-electron chi connectivity index (χ3n) is 3.46. The van der Waals surface area contributed by atoms with Crippen molar-refractivity contribution in [3.8, 4) is 0 Å². The van der Waals surface area contributed by atoms with E-state index in [0.717, 1.165) is 38.5 Å². The van der Waals surface area contributed by atoms with Crippen LogP contribution in [0, 0.1) is 0 Å². The van der Waals surface area contributed by atoms with Gasteiger partial charge >= 0.3 is 7.75 Å². The predicted molar refractivity (Wildman–Crippen MR) is 79.3 cm³/mol. The summed E-state index contributed by atoms with van der Waals surface area (Å²) in [6.45, 7) is 5.22. The number of rotatable bonds is 10. The van der Waals surface area contributed by atoms with E-state index in [1.165, 1.54) is 19.3 Å². The summed E-state index contributed by atoms with van der Waals surface area (Å²) >= 11 is 0. The SMILES string of the molecule is CCCCOP(=O)(NC1CCCCC1)OCCCC. The zero-order chi connectivity index (χ0) is 14.0. The van der Waals surface area contributed by atoms with Crippen LogP contribution in [0.5, 0.6) is 0 Å². The van der Waals surface area contributed by atoms with Crippen LogP contribution < -0.4 is 5.09 Å². The molecule has 1 rings (SSSR count). The van der Waals surface area contributed by atoms with Crippen LogP contribution in [0.3, 0.4) is 0 Å². The van der Waals surface area contributed by atoms with Crippen molar-refractivity contribution in [2.75, 3.05) is 13.2 Å². The summed E-state index contributed by atoms with van der Waals surface area (Å²) in [4.78, 5) is 0. The van der Waals surface area contributed by atoms with E-state index in [-0.39, 0.29) is 0 Å². The van der Waals surface area contributed by atoms with Crippen molar-refractivity contribution in [2.45, 2.75) is 77.7 Å². The largest absolute Gasteiger partial charge is 0.405 e. The van der Waals surface area contributed by atoms with Gasteiger partial charge < -0.3 is 0 Å². The molecule has 4 nitrogen and oxygen atoms in total. The molecule has 0 spiro atoms. The lowest BCUT2D eigenvalue weighted by Crippen LogP contribution is -2.30. The molecule has 1 aliphatic carbocycles. The van der Waals surface area contributed by atoms with Crippen molar-refractivity contribution in [1.29, 1.82) is 0 Å². The highest BCUT2D eigenvalue weighted by molar-refractivity contribution is 7.51. The molecule has 0 amide bonds. The minimum Gasteiger partial charge on any atom is -0.297 e. The van der Waals surface area contributed by atoms with Crippen molar-refractivity contribution in [1.82, 2.24) is 5.09 Å². The Bertz CT molecular complexity index is 253. The minimum absolute atomic E-state index is 0.294. The van der Waals surface area contributed by atoms with Crippen molar-refractivity contribution in [2.24, 2.45) is 0 Å². The van der Waals surface area contributed by atoms with E-state index in [0.29, 0.717) is 19.3 Å². The van der Waals surface area contributed by atoms with Crippen molar-refractivity contribution in [3.05, 3.63) is 0 Å². The summed E-state index contributed by atoms with van der Waals surface area (Å²) in [5, 5.41) is 3.16. The van der Waals surface area contributed by atoms with Crippen LogP contribution >= 0.6 is 7.75 Å². The summed E-state index contributed by atoms with van der Waals surface area (Å²) in [6, 6.07) is 0.294. The molecular formula is C14H30NO3P. The summed E-state index contributed by atoms with van der Waals surface area (Å²) in [6.07, 6.45) is 9.80. The van der Waals surface area contributed by atoms with Crippen LogP contribution in [0.1, 0.15) is 71.6 Å². The Labute approximate surface area is 118 Å². The lowest BCUT2D eigenvalue weighted by molar-refractivity contribution is 0.184. The monoisotopic (exact) mass is 291 g/mol. The highest BCUT2D eigenvalue weighted by Crippen LogP contribution is 2.45. The van der Waals surface area contributed by atoms with E-state index >= 15 is 0 Å². The molecule has 0 bridgehead atoms. The van der Waals surface area contributed by atoms with Crippen LogP contribution in [0.4, 0.5) is 0 Å². The Morgan fingerprint density at radius 2 is 1.53 bits per heavy atom. The molecule has 0 unspecified atom stereocenters. The predicted octanol–water partition coefficient (Wildman–Crippen LogP) is 4.65. The lowest BCUT2D eigenvalue weighted by atomic mass is 9.96. The molecule has 0 aromatic rings. The fourth-order valence-corrected chi connectivity index (χ4v) is 3.89. The van der Waals surface area contributed by atoms with Gasteiger partial charge in [-0.2, -0.15) is 0 Å². The van der Waals surface area contributed by atoms with Crippen LogP contribution in [0.25, 0.3) is 0 Å². The maximum atomic E-state index is 12.7. The molecule has 5 heteroatoms. The first-order chi connectivity index (χ1) is 9.20. The maximum absolute atomic E-state index is 12.7. The van der Waals surface area contributed by atoms with E-state index in [1.807, 2.05) is 0 Å². The van der Waals surface area contributed by atoms with Gasteiger partial charge in [-0.1, -0.05) is 46.0 Å². The molecule has 19 heavy (non-hydrogen) atoms. The first kappa shape index (κ1) is 17.2. The third-order valence-corrected chi connectivity index (χ3v) is 5.19. The molecule has 0 saturated heterocycles. The van der Waals surface area contributed by atoms with Gasteiger partial charge in [0, 0.05) is 6.04 Å². The fourth-order valence-electron chi connectivity index (χ4n) is 2.23. The Morgan fingerprint density at radius 3 is 2.00 bits per heavy atom. The molecule has 1 saturated carbocycles.